The first-order valence-corrected chi connectivity index (χ1v) is 16.7. The van der Waals surface area contributed by atoms with Crippen molar-refractivity contribution in [2.75, 3.05) is 20.8 Å². The van der Waals surface area contributed by atoms with Crippen molar-refractivity contribution in [1.29, 1.82) is 0 Å². The van der Waals surface area contributed by atoms with E-state index in [-0.39, 0.29) is 11.9 Å². The predicted octanol–water partition coefficient (Wildman–Crippen LogP) is 6.86. The molecule has 0 aliphatic carbocycles. The van der Waals surface area contributed by atoms with Gasteiger partial charge in [0, 0.05) is 45.5 Å². The largest absolute Gasteiger partial charge is 0.444 e. The number of carbonyl (C=O) groups is 4. The molecule has 0 bridgehead atoms. The standard InChI is InChI=1S/C21H32N2O3.C17H17NO2.C2H6O/c1-14-12-15-10-8-9-11-16(15)13-23(14)18(24)17(20(2,3)4)22-19(25)26-21(5,6)7;19-13-17-8-6-16(7-9-17)12-18(14-20)11-10-15-4-2-1-3-5-15;1-3-2/h8-11,14,17H,12-13H2,1-7H3,(H,22,25);1-9,13-14H,10-12H2;1-2H3. The molecule has 0 radical (unpaired) electrons. The molecule has 3 aromatic carbocycles. The number of hydrogen-bond acceptors (Lipinski definition) is 6. The van der Waals surface area contributed by atoms with Gasteiger partial charge >= 0.3 is 6.09 Å². The Morgan fingerprint density at radius 1 is 0.878 bits per heavy atom. The molecule has 1 heterocycles. The molecule has 9 heteroatoms. The van der Waals surface area contributed by atoms with E-state index in [1.165, 1.54) is 16.7 Å². The molecule has 4 rings (SSSR count). The van der Waals surface area contributed by atoms with Gasteiger partial charge in [-0.25, -0.2) is 4.79 Å². The van der Waals surface area contributed by atoms with Gasteiger partial charge in [-0.05, 0) is 68.2 Å². The maximum atomic E-state index is 13.3. The van der Waals surface area contributed by atoms with Gasteiger partial charge in [0.1, 0.15) is 17.9 Å². The Morgan fingerprint density at radius 2 is 1.45 bits per heavy atom. The number of alkyl carbamates (subject to hydrolysis) is 1. The molecule has 266 valence electrons. The summed E-state index contributed by atoms with van der Waals surface area (Å²) in [6.07, 6.45) is 2.79. The van der Waals surface area contributed by atoms with E-state index < -0.39 is 23.2 Å². The third kappa shape index (κ3) is 14.3. The lowest BCUT2D eigenvalue weighted by molar-refractivity contribution is -0.139. The van der Waals surface area contributed by atoms with E-state index in [0.29, 0.717) is 25.2 Å². The van der Waals surface area contributed by atoms with Crippen LogP contribution < -0.4 is 5.32 Å². The maximum absolute atomic E-state index is 13.3. The van der Waals surface area contributed by atoms with E-state index in [4.69, 9.17) is 4.74 Å². The van der Waals surface area contributed by atoms with E-state index >= 15 is 0 Å². The Morgan fingerprint density at radius 3 is 1.98 bits per heavy atom. The first-order valence-electron chi connectivity index (χ1n) is 16.7. The van der Waals surface area contributed by atoms with Crippen molar-refractivity contribution in [1.82, 2.24) is 15.1 Å². The predicted molar refractivity (Wildman–Crippen MR) is 194 cm³/mol. The fourth-order valence-corrected chi connectivity index (χ4v) is 5.24. The monoisotopic (exact) mass is 673 g/mol. The van der Waals surface area contributed by atoms with Gasteiger partial charge in [-0.1, -0.05) is 99.6 Å². The van der Waals surface area contributed by atoms with Crippen LogP contribution in [-0.2, 0) is 45.0 Å². The summed E-state index contributed by atoms with van der Waals surface area (Å²) in [6.45, 7) is 15.2. The molecule has 0 aromatic heterocycles. The summed E-state index contributed by atoms with van der Waals surface area (Å²) in [6, 6.07) is 25.0. The summed E-state index contributed by atoms with van der Waals surface area (Å²) in [7, 11) is 3.25. The summed E-state index contributed by atoms with van der Waals surface area (Å²) in [5, 5.41) is 2.80. The summed E-state index contributed by atoms with van der Waals surface area (Å²) in [5.41, 5.74) is 4.32. The summed E-state index contributed by atoms with van der Waals surface area (Å²) in [5.74, 6) is -0.0645. The van der Waals surface area contributed by atoms with Crippen LogP contribution in [0.3, 0.4) is 0 Å². The maximum Gasteiger partial charge on any atom is 0.408 e. The van der Waals surface area contributed by atoms with Crippen LogP contribution in [0.2, 0.25) is 0 Å². The highest BCUT2D eigenvalue weighted by atomic mass is 16.6. The molecule has 0 saturated carbocycles. The van der Waals surface area contributed by atoms with Crippen molar-refractivity contribution >= 4 is 24.7 Å². The highest BCUT2D eigenvalue weighted by Gasteiger charge is 2.39. The van der Waals surface area contributed by atoms with Gasteiger partial charge in [0.25, 0.3) is 0 Å². The SMILES string of the molecule is CC1Cc2ccccc2CN1C(=O)C(NC(=O)OC(C)(C)C)C(C)(C)C.COC.O=Cc1ccc(CN(C=O)CCc2ccccc2)cc1. The summed E-state index contributed by atoms with van der Waals surface area (Å²) >= 11 is 0. The molecule has 3 amide bonds. The zero-order valence-electron chi connectivity index (χ0n) is 30.7. The second-order valence-corrected chi connectivity index (χ2v) is 14.3. The average Bonchev–Trinajstić information content (AvgIpc) is 3.05. The highest BCUT2D eigenvalue weighted by Crippen LogP contribution is 2.28. The highest BCUT2D eigenvalue weighted by molar-refractivity contribution is 5.87. The van der Waals surface area contributed by atoms with Crippen LogP contribution in [0.1, 0.15) is 81.1 Å². The first-order chi connectivity index (χ1) is 23.1. The van der Waals surface area contributed by atoms with Gasteiger partial charge in [-0.3, -0.25) is 14.4 Å². The van der Waals surface area contributed by atoms with E-state index in [2.05, 4.69) is 41.2 Å². The number of nitrogens with one attached hydrogen (secondary N) is 1. The fourth-order valence-electron chi connectivity index (χ4n) is 5.24. The molecule has 1 aliphatic rings. The first kappa shape index (κ1) is 40.7. The number of nitrogens with zero attached hydrogens (tertiary/aromatic N) is 2. The van der Waals surface area contributed by atoms with Crippen LogP contribution in [0, 0.1) is 5.41 Å². The lowest BCUT2D eigenvalue weighted by Crippen LogP contribution is -2.57. The summed E-state index contributed by atoms with van der Waals surface area (Å²) < 4.78 is 9.61. The third-order valence-corrected chi connectivity index (χ3v) is 7.74. The smallest absolute Gasteiger partial charge is 0.408 e. The fraction of sp³-hybridized carbons (Fsp3) is 0.450. The van der Waals surface area contributed by atoms with Gasteiger partial charge < -0.3 is 24.6 Å². The van der Waals surface area contributed by atoms with Gasteiger partial charge in [-0.2, -0.15) is 0 Å². The molecule has 49 heavy (non-hydrogen) atoms. The molecule has 0 fully saturated rings. The van der Waals surface area contributed by atoms with Crippen molar-refractivity contribution in [3.8, 4) is 0 Å². The van der Waals surface area contributed by atoms with Crippen molar-refractivity contribution < 1.29 is 28.7 Å². The lowest BCUT2D eigenvalue weighted by Gasteiger charge is -2.40. The number of methoxy groups -OCH3 is 1. The molecule has 1 N–H and O–H groups in total. The number of benzene rings is 3. The Balaban J connectivity index is 0.000000324. The topological polar surface area (TPSA) is 105 Å². The quantitative estimate of drug-likeness (QED) is 0.249. The Kier molecular flexibility index (Phi) is 16.2. The Bertz CT molecular complexity index is 1460. The number of rotatable bonds is 9. The van der Waals surface area contributed by atoms with Crippen molar-refractivity contribution in [2.45, 2.75) is 92.1 Å². The molecule has 0 saturated heterocycles. The van der Waals surface area contributed by atoms with Gasteiger partial charge in [0.05, 0.1) is 0 Å². The molecule has 2 atom stereocenters. The van der Waals surface area contributed by atoms with Gasteiger partial charge in [0.2, 0.25) is 12.3 Å². The number of carbonyl (C=O) groups excluding carboxylic acids is 4. The molecule has 9 nitrogen and oxygen atoms in total. The van der Waals surface area contributed by atoms with Gasteiger partial charge in [-0.15, -0.1) is 0 Å². The number of hydrogen-bond donors (Lipinski definition) is 1. The Labute approximate surface area is 293 Å². The van der Waals surface area contributed by atoms with Crippen LogP contribution in [0.15, 0.2) is 78.9 Å². The van der Waals surface area contributed by atoms with Crippen molar-refractivity contribution in [2.24, 2.45) is 5.41 Å². The molecule has 2 unspecified atom stereocenters. The Hall–Kier alpha value is -4.50. The average molecular weight is 674 g/mol. The van der Waals surface area contributed by atoms with Crippen LogP contribution >= 0.6 is 0 Å². The van der Waals surface area contributed by atoms with Crippen LogP contribution in [0.4, 0.5) is 4.79 Å². The number of amides is 3. The zero-order chi connectivity index (χ0) is 36.6. The van der Waals surface area contributed by atoms with Crippen molar-refractivity contribution in [3.05, 3.63) is 107 Å². The minimum Gasteiger partial charge on any atom is -0.444 e. The normalized spacial score (nSPS) is 14.4. The molecule has 0 spiro atoms. The molecular formula is C40H55N3O6. The number of ether oxygens (including phenoxy) is 2. The number of aldehydes is 1. The minimum atomic E-state index is -0.648. The van der Waals surface area contributed by atoms with E-state index in [0.717, 1.165) is 31.1 Å². The lowest BCUT2D eigenvalue weighted by atomic mass is 9.84. The van der Waals surface area contributed by atoms with Crippen LogP contribution in [0.5, 0.6) is 0 Å². The van der Waals surface area contributed by atoms with E-state index in [1.807, 2.05) is 88.9 Å². The second kappa shape index (κ2) is 19.5. The van der Waals surface area contributed by atoms with Gasteiger partial charge in [0.15, 0.2) is 0 Å². The zero-order valence-corrected chi connectivity index (χ0v) is 30.7. The molecular weight excluding hydrogens is 618 g/mol. The number of fused-ring (bicyclic) bond motifs is 1. The van der Waals surface area contributed by atoms with Crippen LogP contribution in [-0.4, -0.2) is 72.9 Å². The molecule has 3 aromatic rings. The third-order valence-electron chi connectivity index (χ3n) is 7.74. The van der Waals surface area contributed by atoms with E-state index in [9.17, 15) is 19.2 Å². The van der Waals surface area contributed by atoms with E-state index in [1.54, 1.807) is 31.3 Å². The van der Waals surface area contributed by atoms with Crippen LogP contribution in [0.25, 0.3) is 0 Å². The summed E-state index contributed by atoms with van der Waals surface area (Å²) in [4.78, 5) is 50.9. The van der Waals surface area contributed by atoms with Crippen molar-refractivity contribution in [3.63, 3.8) is 0 Å². The second-order valence-electron chi connectivity index (χ2n) is 14.3. The molecule has 1 aliphatic heterocycles. The minimum absolute atomic E-state index is 0.0645.